The van der Waals surface area contributed by atoms with E-state index in [1.807, 2.05) is 0 Å². The molecule has 2 aliphatic heterocycles. The number of hydrogen-bond acceptors (Lipinski definition) is 6. The maximum atomic E-state index is 12.5. The number of hydrogen-bond donors (Lipinski definition) is 4. The van der Waals surface area contributed by atoms with Gasteiger partial charge in [0.05, 0.1) is 17.8 Å². The average Bonchev–Trinajstić information content (AvgIpc) is 3.27. The molecule has 0 radical (unpaired) electrons. The fourth-order valence-electron chi connectivity index (χ4n) is 12.6. The normalized spacial score (nSPS) is 64.6. The van der Waals surface area contributed by atoms with Gasteiger partial charge in [-0.25, -0.2) is 0 Å². The highest BCUT2D eigenvalue weighted by atomic mass is 16.8. The fourth-order valence-corrected chi connectivity index (χ4v) is 12.6. The lowest BCUT2D eigenvalue weighted by molar-refractivity contribution is -0.295. The molecule has 6 nitrogen and oxygen atoms in total. The van der Waals surface area contributed by atoms with Crippen LogP contribution in [0.5, 0.6) is 0 Å². The van der Waals surface area contributed by atoms with E-state index in [2.05, 4.69) is 34.6 Å². The van der Waals surface area contributed by atoms with Crippen LogP contribution in [0, 0.1) is 50.7 Å². The second kappa shape index (κ2) is 6.55. The van der Waals surface area contributed by atoms with E-state index in [9.17, 15) is 20.4 Å². The Labute approximate surface area is 216 Å². The van der Waals surface area contributed by atoms with Gasteiger partial charge >= 0.3 is 0 Å². The molecule has 0 aromatic carbocycles. The molecular formula is C30H48O6. The Balaban J connectivity index is 1.34. The van der Waals surface area contributed by atoms with Crippen LogP contribution in [0.3, 0.4) is 0 Å². The van der Waals surface area contributed by atoms with Gasteiger partial charge in [-0.1, -0.05) is 34.6 Å². The Hall–Kier alpha value is -0.240. The van der Waals surface area contributed by atoms with Crippen molar-refractivity contribution in [2.45, 2.75) is 135 Å². The largest absolute Gasteiger partial charge is 0.393 e. The minimum absolute atomic E-state index is 0.0706. The van der Waals surface area contributed by atoms with Gasteiger partial charge in [-0.15, -0.1) is 0 Å². The summed E-state index contributed by atoms with van der Waals surface area (Å²) in [5.41, 5.74) is -1.44. The summed E-state index contributed by atoms with van der Waals surface area (Å²) in [6.07, 6.45) is 4.37. The van der Waals surface area contributed by atoms with E-state index in [-0.39, 0.29) is 39.6 Å². The highest BCUT2D eigenvalue weighted by Gasteiger charge is 2.88. The van der Waals surface area contributed by atoms with Crippen LogP contribution < -0.4 is 0 Å². The third kappa shape index (κ3) is 2.29. The second-order valence-corrected chi connectivity index (χ2v) is 16.0. The Morgan fingerprint density at radius 1 is 0.833 bits per heavy atom. The summed E-state index contributed by atoms with van der Waals surface area (Å²) in [5.74, 6) is -0.542. The Kier molecular flexibility index (Phi) is 4.51. The quantitative estimate of drug-likeness (QED) is 0.435. The summed E-state index contributed by atoms with van der Waals surface area (Å²) in [5, 5.41) is 45.8. The maximum absolute atomic E-state index is 12.5. The molecule has 0 aromatic rings. The van der Waals surface area contributed by atoms with E-state index in [1.54, 1.807) is 13.8 Å². The van der Waals surface area contributed by atoms with E-state index < -0.39 is 41.2 Å². The summed E-state index contributed by atoms with van der Waals surface area (Å²) >= 11 is 0. The molecule has 14 atom stereocenters. The lowest BCUT2D eigenvalue weighted by Crippen LogP contribution is -2.60. The van der Waals surface area contributed by atoms with Gasteiger partial charge in [-0.3, -0.25) is 0 Å². The van der Waals surface area contributed by atoms with Gasteiger partial charge in [0.25, 0.3) is 0 Å². The van der Waals surface area contributed by atoms with Crippen molar-refractivity contribution in [1.29, 1.82) is 0 Å². The first kappa shape index (κ1) is 24.8. The first-order valence-electron chi connectivity index (χ1n) is 14.7. The maximum Gasteiger partial charge on any atom is 0.199 e. The molecular weight excluding hydrogens is 456 g/mol. The van der Waals surface area contributed by atoms with Crippen LogP contribution in [0.1, 0.15) is 93.4 Å². The predicted molar refractivity (Wildman–Crippen MR) is 134 cm³/mol. The van der Waals surface area contributed by atoms with Crippen LogP contribution in [-0.2, 0) is 9.47 Å². The molecule has 2 bridgehead atoms. The third-order valence-corrected chi connectivity index (χ3v) is 14.3. The molecule has 5 aliphatic carbocycles. The van der Waals surface area contributed by atoms with Crippen LogP contribution in [0.4, 0.5) is 0 Å². The van der Waals surface area contributed by atoms with E-state index in [0.29, 0.717) is 11.8 Å². The van der Waals surface area contributed by atoms with Crippen molar-refractivity contribution in [3.05, 3.63) is 0 Å². The zero-order valence-electron chi connectivity index (χ0n) is 23.3. The summed E-state index contributed by atoms with van der Waals surface area (Å²) in [7, 11) is 0. The van der Waals surface area contributed by atoms with E-state index >= 15 is 0 Å². The van der Waals surface area contributed by atoms with Crippen LogP contribution in [-0.4, -0.2) is 62.3 Å². The summed E-state index contributed by atoms with van der Waals surface area (Å²) in [6, 6.07) is 0. The number of aliphatic hydroxyl groups is 4. The molecule has 7 aliphatic rings. The Bertz CT molecular complexity index is 990. The molecule has 36 heavy (non-hydrogen) atoms. The number of ether oxygens (including phenoxy) is 2. The molecule has 0 amide bonds. The van der Waals surface area contributed by atoms with E-state index in [4.69, 9.17) is 9.47 Å². The zero-order chi connectivity index (χ0) is 26.1. The summed E-state index contributed by atoms with van der Waals surface area (Å²) in [4.78, 5) is 0. The van der Waals surface area contributed by atoms with Gasteiger partial charge in [-0.05, 0) is 98.2 Å². The van der Waals surface area contributed by atoms with Gasteiger partial charge < -0.3 is 29.9 Å². The van der Waals surface area contributed by atoms with Crippen molar-refractivity contribution in [2.24, 2.45) is 50.7 Å². The molecule has 4 N–H and O–H groups in total. The molecule has 204 valence electrons. The first-order chi connectivity index (χ1) is 16.5. The highest BCUT2D eigenvalue weighted by molar-refractivity contribution is 5.34. The Morgan fingerprint density at radius 2 is 1.47 bits per heavy atom. The van der Waals surface area contributed by atoms with Crippen molar-refractivity contribution < 1.29 is 29.9 Å². The first-order valence-corrected chi connectivity index (χ1v) is 14.7. The summed E-state index contributed by atoms with van der Waals surface area (Å²) < 4.78 is 13.3. The molecule has 7 fully saturated rings. The lowest BCUT2D eigenvalue weighted by atomic mass is 9.41. The molecule has 6 heteroatoms. The van der Waals surface area contributed by atoms with Gasteiger partial charge in [0.15, 0.2) is 5.79 Å². The number of rotatable bonds is 1. The molecule has 0 aromatic heterocycles. The predicted octanol–water partition coefficient (Wildman–Crippen LogP) is 3.63. The smallest absolute Gasteiger partial charge is 0.199 e. The highest BCUT2D eigenvalue weighted by Crippen LogP contribution is 2.90. The lowest BCUT2D eigenvalue weighted by Gasteiger charge is -2.63. The van der Waals surface area contributed by atoms with Crippen molar-refractivity contribution in [1.82, 2.24) is 0 Å². The van der Waals surface area contributed by atoms with E-state index in [1.165, 1.54) is 6.42 Å². The minimum atomic E-state index is -1.19. The number of fused-ring (bicyclic) bond motifs is 4. The molecule has 2 saturated heterocycles. The zero-order valence-corrected chi connectivity index (χ0v) is 23.3. The third-order valence-electron chi connectivity index (χ3n) is 14.3. The summed E-state index contributed by atoms with van der Waals surface area (Å²) in [6.45, 7) is 14.7. The van der Waals surface area contributed by atoms with Crippen molar-refractivity contribution in [3.8, 4) is 0 Å². The standard InChI is InChI=1S/C30H48O6/c1-15-19(32)20-22(25(4,5)34)36-30(35-20)21(15)26(6)12-13-29-14-28(29)11-10-18(31)24(2,3)16(28)8-9-17(29)27(26,7)23(30)33/h15-23,31-34H,8-14H2,1-7H3. The molecule has 14 unspecified atom stereocenters. The average molecular weight is 505 g/mol. The minimum Gasteiger partial charge on any atom is -0.393 e. The van der Waals surface area contributed by atoms with Gasteiger partial charge in [0.1, 0.15) is 18.3 Å². The van der Waals surface area contributed by atoms with Crippen LogP contribution >= 0.6 is 0 Å². The molecule has 7 rings (SSSR count). The molecule has 3 spiro atoms. The van der Waals surface area contributed by atoms with Crippen molar-refractivity contribution >= 4 is 0 Å². The van der Waals surface area contributed by atoms with Gasteiger partial charge in [0, 0.05) is 11.3 Å². The van der Waals surface area contributed by atoms with Crippen LogP contribution in [0.25, 0.3) is 0 Å². The van der Waals surface area contributed by atoms with Crippen molar-refractivity contribution in [2.75, 3.05) is 0 Å². The van der Waals surface area contributed by atoms with Crippen LogP contribution in [0.15, 0.2) is 0 Å². The van der Waals surface area contributed by atoms with Gasteiger partial charge in [-0.2, -0.15) is 0 Å². The number of aliphatic hydroxyl groups excluding tert-OH is 3. The second-order valence-electron chi connectivity index (χ2n) is 16.0. The topological polar surface area (TPSA) is 99.4 Å². The van der Waals surface area contributed by atoms with E-state index in [0.717, 1.165) is 38.5 Å². The molecule has 2 heterocycles. The fraction of sp³-hybridized carbons (Fsp3) is 1.00. The SMILES string of the molecule is CC1C(O)C2OC3(OC2C(C)(C)O)C1C1(C)CCC24CC25CCC(O)C(C)(C)C5CCC4C1(C)C3O. The molecule has 5 saturated carbocycles. The van der Waals surface area contributed by atoms with Gasteiger partial charge in [0.2, 0.25) is 0 Å². The van der Waals surface area contributed by atoms with Crippen molar-refractivity contribution in [3.63, 3.8) is 0 Å². The Morgan fingerprint density at radius 3 is 2.14 bits per heavy atom. The monoisotopic (exact) mass is 504 g/mol. The van der Waals surface area contributed by atoms with Crippen LogP contribution in [0.2, 0.25) is 0 Å².